The van der Waals surface area contributed by atoms with Gasteiger partial charge in [0, 0.05) is 0 Å². The smallest absolute Gasteiger partial charge is 0.237 e. The fourth-order valence-corrected chi connectivity index (χ4v) is 1.61. The van der Waals surface area contributed by atoms with Crippen molar-refractivity contribution >= 4 is 5.91 Å². The molecule has 1 aromatic carbocycles. The maximum absolute atomic E-state index is 11.5. The molecule has 0 aromatic heterocycles. The third kappa shape index (κ3) is 2.50. The largest absolute Gasteiger partial charge is 0.454 e. The fraction of sp³-hybridized carbons (Fsp3) is 0.417. The highest BCUT2D eigenvalue weighted by Crippen LogP contribution is 2.34. The van der Waals surface area contributed by atoms with Crippen molar-refractivity contribution in [3.63, 3.8) is 0 Å². The van der Waals surface area contributed by atoms with Crippen molar-refractivity contribution in [2.24, 2.45) is 5.73 Å². The van der Waals surface area contributed by atoms with Gasteiger partial charge in [-0.3, -0.25) is 4.79 Å². The molecule has 92 valence electrons. The lowest BCUT2D eigenvalue weighted by atomic mass is 10.1. The van der Waals surface area contributed by atoms with Crippen LogP contribution in [0.2, 0.25) is 0 Å². The summed E-state index contributed by atoms with van der Waals surface area (Å²) in [5.41, 5.74) is 6.46. The molecule has 5 heteroatoms. The normalized spacial score (nSPS) is 16.4. The predicted molar refractivity (Wildman–Crippen MR) is 62.8 cm³/mol. The van der Waals surface area contributed by atoms with Gasteiger partial charge in [0.2, 0.25) is 12.7 Å². The minimum absolute atomic E-state index is 0.108. The Kier molecular flexibility index (Phi) is 3.19. The molecule has 17 heavy (non-hydrogen) atoms. The molecule has 1 aromatic rings. The molecule has 1 aliphatic heterocycles. The van der Waals surface area contributed by atoms with E-state index in [1.54, 1.807) is 6.92 Å². The molecule has 0 bridgehead atoms. The molecule has 2 rings (SSSR count). The summed E-state index contributed by atoms with van der Waals surface area (Å²) in [6.07, 6.45) is 0. The highest BCUT2D eigenvalue weighted by Gasteiger charge is 2.17. The first-order valence-corrected chi connectivity index (χ1v) is 5.53. The van der Waals surface area contributed by atoms with Crippen LogP contribution in [0.25, 0.3) is 0 Å². The number of nitrogens with one attached hydrogen (secondary N) is 1. The Balaban J connectivity index is 2.09. The first kappa shape index (κ1) is 11.7. The van der Waals surface area contributed by atoms with Gasteiger partial charge < -0.3 is 20.5 Å². The highest BCUT2D eigenvalue weighted by atomic mass is 16.7. The monoisotopic (exact) mass is 236 g/mol. The van der Waals surface area contributed by atoms with Crippen LogP contribution >= 0.6 is 0 Å². The third-order valence-electron chi connectivity index (χ3n) is 2.67. The summed E-state index contributed by atoms with van der Waals surface area (Å²) in [6, 6.07) is 5.00. The third-order valence-corrected chi connectivity index (χ3v) is 2.67. The number of hydrogen-bond acceptors (Lipinski definition) is 4. The minimum Gasteiger partial charge on any atom is -0.454 e. The summed E-state index contributed by atoms with van der Waals surface area (Å²) in [5, 5.41) is 2.83. The van der Waals surface area contributed by atoms with E-state index < -0.39 is 6.04 Å². The highest BCUT2D eigenvalue weighted by molar-refractivity contribution is 5.81. The van der Waals surface area contributed by atoms with E-state index >= 15 is 0 Å². The summed E-state index contributed by atoms with van der Waals surface area (Å²) in [7, 11) is 0. The van der Waals surface area contributed by atoms with Crippen molar-refractivity contribution in [2.45, 2.75) is 25.9 Å². The van der Waals surface area contributed by atoms with E-state index in [0.717, 1.165) is 11.3 Å². The van der Waals surface area contributed by atoms with Crippen molar-refractivity contribution in [1.82, 2.24) is 5.32 Å². The molecule has 0 spiro atoms. The first-order valence-electron chi connectivity index (χ1n) is 5.53. The molecule has 0 saturated heterocycles. The van der Waals surface area contributed by atoms with Crippen LogP contribution in [-0.4, -0.2) is 18.7 Å². The molecule has 1 heterocycles. The Morgan fingerprint density at radius 2 is 2.06 bits per heavy atom. The second-order valence-corrected chi connectivity index (χ2v) is 4.13. The topological polar surface area (TPSA) is 73.6 Å². The number of ether oxygens (including phenoxy) is 2. The second-order valence-electron chi connectivity index (χ2n) is 4.13. The van der Waals surface area contributed by atoms with Crippen LogP contribution in [0.1, 0.15) is 25.5 Å². The Bertz CT molecular complexity index is 432. The van der Waals surface area contributed by atoms with Crippen LogP contribution in [0.5, 0.6) is 11.5 Å². The van der Waals surface area contributed by atoms with Gasteiger partial charge >= 0.3 is 0 Å². The SMILES string of the molecule is CC(NC(=O)[C@@H](C)N)c1ccc2c(c1)OCO2. The van der Waals surface area contributed by atoms with Crippen molar-refractivity contribution < 1.29 is 14.3 Å². The zero-order valence-electron chi connectivity index (χ0n) is 9.90. The Labute approximate surface area is 99.9 Å². The number of carbonyl (C=O) groups excluding carboxylic acids is 1. The van der Waals surface area contributed by atoms with Gasteiger partial charge in [0.25, 0.3) is 0 Å². The zero-order chi connectivity index (χ0) is 12.4. The molecule has 1 aliphatic rings. The second kappa shape index (κ2) is 4.63. The number of rotatable bonds is 3. The van der Waals surface area contributed by atoms with E-state index in [0.29, 0.717) is 5.75 Å². The Morgan fingerprint density at radius 1 is 1.35 bits per heavy atom. The van der Waals surface area contributed by atoms with Crippen LogP contribution in [0.3, 0.4) is 0 Å². The molecule has 5 nitrogen and oxygen atoms in total. The van der Waals surface area contributed by atoms with E-state index in [-0.39, 0.29) is 18.7 Å². The van der Waals surface area contributed by atoms with Crippen LogP contribution in [0.15, 0.2) is 18.2 Å². The number of nitrogens with two attached hydrogens (primary N) is 1. The number of benzene rings is 1. The van der Waals surface area contributed by atoms with Crippen molar-refractivity contribution in [2.75, 3.05) is 6.79 Å². The molecule has 0 radical (unpaired) electrons. The van der Waals surface area contributed by atoms with Gasteiger partial charge in [0.05, 0.1) is 12.1 Å². The zero-order valence-corrected chi connectivity index (χ0v) is 9.90. The summed E-state index contributed by atoms with van der Waals surface area (Å²) in [5.74, 6) is 1.28. The van der Waals surface area contributed by atoms with E-state index in [1.165, 1.54) is 0 Å². The number of carbonyl (C=O) groups is 1. The van der Waals surface area contributed by atoms with Crippen LogP contribution in [0, 0.1) is 0 Å². The number of fused-ring (bicyclic) bond motifs is 1. The van der Waals surface area contributed by atoms with Crippen LogP contribution in [-0.2, 0) is 4.79 Å². The Morgan fingerprint density at radius 3 is 2.76 bits per heavy atom. The predicted octanol–water partition coefficient (Wildman–Crippen LogP) is 0.940. The lowest BCUT2D eigenvalue weighted by Gasteiger charge is -2.16. The lowest BCUT2D eigenvalue weighted by molar-refractivity contribution is -0.122. The molecular formula is C12H16N2O3. The van der Waals surface area contributed by atoms with Gasteiger partial charge in [0.15, 0.2) is 11.5 Å². The summed E-state index contributed by atoms with van der Waals surface area (Å²) in [4.78, 5) is 11.5. The standard InChI is InChI=1S/C12H16N2O3/c1-7(13)12(15)14-8(2)9-3-4-10-11(5-9)17-6-16-10/h3-5,7-8H,6,13H2,1-2H3,(H,14,15)/t7-,8?/m1/s1. The number of amides is 1. The quantitative estimate of drug-likeness (QED) is 0.819. The van der Waals surface area contributed by atoms with Gasteiger partial charge in [-0.1, -0.05) is 6.07 Å². The van der Waals surface area contributed by atoms with Gasteiger partial charge in [-0.15, -0.1) is 0 Å². The van der Waals surface area contributed by atoms with E-state index in [9.17, 15) is 4.79 Å². The molecular weight excluding hydrogens is 220 g/mol. The molecule has 1 unspecified atom stereocenters. The van der Waals surface area contributed by atoms with E-state index in [4.69, 9.17) is 15.2 Å². The lowest BCUT2D eigenvalue weighted by Crippen LogP contribution is -2.39. The average molecular weight is 236 g/mol. The molecule has 0 saturated carbocycles. The molecule has 2 atom stereocenters. The first-order chi connectivity index (χ1) is 8.08. The summed E-state index contributed by atoms with van der Waals surface area (Å²) < 4.78 is 10.5. The fourth-order valence-electron chi connectivity index (χ4n) is 1.61. The van der Waals surface area contributed by atoms with Crippen molar-refractivity contribution in [3.8, 4) is 11.5 Å². The molecule has 1 amide bonds. The van der Waals surface area contributed by atoms with Gasteiger partial charge in [0.1, 0.15) is 0 Å². The van der Waals surface area contributed by atoms with E-state index in [1.807, 2.05) is 25.1 Å². The summed E-state index contributed by atoms with van der Waals surface area (Å²) in [6.45, 7) is 3.80. The van der Waals surface area contributed by atoms with E-state index in [2.05, 4.69) is 5.32 Å². The summed E-state index contributed by atoms with van der Waals surface area (Å²) >= 11 is 0. The van der Waals surface area contributed by atoms with Gasteiger partial charge in [-0.05, 0) is 31.5 Å². The van der Waals surface area contributed by atoms with Crippen LogP contribution in [0.4, 0.5) is 0 Å². The van der Waals surface area contributed by atoms with Gasteiger partial charge in [-0.2, -0.15) is 0 Å². The average Bonchev–Trinajstić information content (AvgIpc) is 2.75. The van der Waals surface area contributed by atoms with Crippen LogP contribution < -0.4 is 20.5 Å². The molecule has 3 N–H and O–H groups in total. The Hall–Kier alpha value is -1.75. The number of hydrogen-bond donors (Lipinski definition) is 2. The minimum atomic E-state index is -0.508. The molecule has 0 fully saturated rings. The van der Waals surface area contributed by atoms with Crippen molar-refractivity contribution in [1.29, 1.82) is 0 Å². The van der Waals surface area contributed by atoms with Gasteiger partial charge in [-0.25, -0.2) is 0 Å². The van der Waals surface area contributed by atoms with Crippen molar-refractivity contribution in [3.05, 3.63) is 23.8 Å². The maximum atomic E-state index is 11.5. The maximum Gasteiger partial charge on any atom is 0.237 e. The molecule has 0 aliphatic carbocycles.